The van der Waals surface area contributed by atoms with Gasteiger partial charge in [-0.1, -0.05) is 18.2 Å². The molecule has 2 N–H and O–H groups in total. The van der Waals surface area contributed by atoms with Crippen molar-refractivity contribution in [1.82, 2.24) is 10.6 Å². The number of benzene rings is 1. The molecule has 142 valence electrons. The summed E-state index contributed by atoms with van der Waals surface area (Å²) in [4.78, 5) is 15.7. The number of carbonyl (C=O) groups is 1. The monoisotopic (exact) mass is 475 g/mol. The fourth-order valence-corrected chi connectivity index (χ4v) is 2.35. The first kappa shape index (κ1) is 21.9. The van der Waals surface area contributed by atoms with Crippen LogP contribution in [0, 0.1) is 12.7 Å². The smallest absolute Gasteiger partial charge is 0.341 e. The lowest BCUT2D eigenvalue weighted by Crippen LogP contribution is -2.37. The molecule has 0 unspecified atom stereocenters. The molecule has 1 aromatic heterocycles. The topological polar surface area (TPSA) is 75.9 Å². The largest absolute Gasteiger partial charge is 0.465 e. The Morgan fingerprint density at radius 2 is 2.04 bits per heavy atom. The molecule has 0 radical (unpaired) electrons. The highest BCUT2D eigenvalue weighted by atomic mass is 127. The summed E-state index contributed by atoms with van der Waals surface area (Å²) in [6, 6.07) is 8.32. The average molecular weight is 475 g/mol. The number of carbonyl (C=O) groups excluding carboxylic acids is 1. The highest BCUT2D eigenvalue weighted by molar-refractivity contribution is 14.0. The standard InChI is InChI=1S/C18H22FN3O3.HI/c1-12-15(17(23)24-3)10-14(25-12)11-22-18(20-2)21-9-8-13-6-4-5-7-16(13)19;/h4-7,10H,8-9,11H2,1-3H3,(H2,20,21,22);1H. The zero-order chi connectivity index (χ0) is 18.2. The van der Waals surface area contributed by atoms with E-state index in [0.717, 1.165) is 0 Å². The average Bonchev–Trinajstić information content (AvgIpc) is 2.99. The number of ether oxygens (including phenoxy) is 1. The molecule has 2 aromatic rings. The molecule has 0 aliphatic carbocycles. The molecule has 0 atom stereocenters. The summed E-state index contributed by atoms with van der Waals surface area (Å²) in [5, 5.41) is 6.19. The van der Waals surface area contributed by atoms with Crippen molar-refractivity contribution in [1.29, 1.82) is 0 Å². The van der Waals surface area contributed by atoms with Crippen LogP contribution in [0.25, 0.3) is 0 Å². The van der Waals surface area contributed by atoms with Gasteiger partial charge in [0.2, 0.25) is 0 Å². The summed E-state index contributed by atoms with van der Waals surface area (Å²) in [6.45, 7) is 2.60. The summed E-state index contributed by atoms with van der Waals surface area (Å²) in [6.07, 6.45) is 0.541. The van der Waals surface area contributed by atoms with Gasteiger partial charge in [-0.2, -0.15) is 0 Å². The third kappa shape index (κ3) is 6.01. The Morgan fingerprint density at radius 1 is 1.31 bits per heavy atom. The molecule has 8 heteroatoms. The first-order chi connectivity index (χ1) is 12.0. The molecular formula is C18H23FIN3O3. The van der Waals surface area contributed by atoms with Crippen LogP contribution in [0.15, 0.2) is 39.7 Å². The van der Waals surface area contributed by atoms with Crippen molar-refractivity contribution in [2.75, 3.05) is 20.7 Å². The summed E-state index contributed by atoms with van der Waals surface area (Å²) in [7, 11) is 2.97. The van der Waals surface area contributed by atoms with E-state index >= 15 is 0 Å². The number of rotatable bonds is 6. The van der Waals surface area contributed by atoms with Gasteiger partial charge in [0, 0.05) is 13.6 Å². The molecule has 6 nitrogen and oxygen atoms in total. The number of hydrogen-bond donors (Lipinski definition) is 2. The number of aryl methyl sites for hydroxylation is 1. The van der Waals surface area contributed by atoms with E-state index in [4.69, 9.17) is 9.15 Å². The van der Waals surface area contributed by atoms with E-state index in [2.05, 4.69) is 15.6 Å². The van der Waals surface area contributed by atoms with E-state index in [1.807, 2.05) is 6.07 Å². The third-order valence-electron chi connectivity index (χ3n) is 3.67. The van der Waals surface area contributed by atoms with Gasteiger partial charge in [0.25, 0.3) is 0 Å². The maximum absolute atomic E-state index is 13.6. The van der Waals surface area contributed by atoms with E-state index in [0.29, 0.717) is 48.1 Å². The number of esters is 1. The van der Waals surface area contributed by atoms with E-state index in [1.54, 1.807) is 32.2 Å². The van der Waals surface area contributed by atoms with Crippen molar-refractivity contribution < 1.29 is 18.3 Å². The Hall–Kier alpha value is -2.10. The molecule has 1 aromatic carbocycles. The third-order valence-corrected chi connectivity index (χ3v) is 3.67. The van der Waals surface area contributed by atoms with Gasteiger partial charge in [-0.05, 0) is 31.0 Å². The predicted octanol–water partition coefficient (Wildman–Crippen LogP) is 3.04. The van der Waals surface area contributed by atoms with Crippen molar-refractivity contribution in [3.63, 3.8) is 0 Å². The number of furan rings is 1. The van der Waals surface area contributed by atoms with Gasteiger partial charge < -0.3 is 19.8 Å². The molecule has 0 bridgehead atoms. The number of methoxy groups -OCH3 is 1. The number of hydrogen-bond acceptors (Lipinski definition) is 4. The molecule has 0 saturated carbocycles. The van der Waals surface area contributed by atoms with Crippen LogP contribution < -0.4 is 10.6 Å². The van der Waals surface area contributed by atoms with Crippen molar-refractivity contribution in [3.05, 3.63) is 58.8 Å². The molecule has 26 heavy (non-hydrogen) atoms. The highest BCUT2D eigenvalue weighted by Crippen LogP contribution is 2.15. The second-order valence-corrected chi connectivity index (χ2v) is 5.37. The molecule has 0 saturated heterocycles. The van der Waals surface area contributed by atoms with Crippen molar-refractivity contribution in [3.8, 4) is 0 Å². The lowest BCUT2D eigenvalue weighted by atomic mass is 10.1. The summed E-state index contributed by atoms with van der Waals surface area (Å²) in [5.74, 6) is 1.01. The van der Waals surface area contributed by atoms with E-state index < -0.39 is 5.97 Å². The minimum absolute atomic E-state index is 0. The van der Waals surface area contributed by atoms with Gasteiger partial charge in [-0.25, -0.2) is 9.18 Å². The second-order valence-electron chi connectivity index (χ2n) is 5.37. The van der Waals surface area contributed by atoms with Crippen LogP contribution in [0.3, 0.4) is 0 Å². The number of nitrogens with one attached hydrogen (secondary N) is 2. The van der Waals surface area contributed by atoms with Gasteiger partial charge in [-0.3, -0.25) is 4.99 Å². The second kappa shape index (κ2) is 10.8. The first-order valence-corrected chi connectivity index (χ1v) is 7.90. The molecule has 2 rings (SSSR count). The first-order valence-electron chi connectivity index (χ1n) is 7.90. The normalized spacial score (nSPS) is 10.8. The number of aliphatic imine (C=N–C) groups is 1. The lowest BCUT2D eigenvalue weighted by molar-refractivity contribution is 0.0599. The minimum atomic E-state index is -0.431. The van der Waals surface area contributed by atoms with Gasteiger partial charge in [0.1, 0.15) is 22.9 Å². The zero-order valence-corrected chi connectivity index (χ0v) is 17.3. The summed E-state index contributed by atoms with van der Waals surface area (Å²) >= 11 is 0. The molecule has 0 aliphatic rings. The van der Waals surface area contributed by atoms with Gasteiger partial charge in [-0.15, -0.1) is 24.0 Å². The van der Waals surface area contributed by atoms with Crippen LogP contribution in [0.2, 0.25) is 0 Å². The number of nitrogens with zero attached hydrogens (tertiary/aromatic N) is 1. The maximum Gasteiger partial charge on any atom is 0.341 e. The van der Waals surface area contributed by atoms with Crippen molar-refractivity contribution in [2.45, 2.75) is 19.9 Å². The Kier molecular flexibility index (Phi) is 9.11. The van der Waals surface area contributed by atoms with Crippen LogP contribution in [0.4, 0.5) is 4.39 Å². The van der Waals surface area contributed by atoms with E-state index in [9.17, 15) is 9.18 Å². The Bertz CT molecular complexity index is 762. The quantitative estimate of drug-likeness (QED) is 0.291. The van der Waals surface area contributed by atoms with Gasteiger partial charge in [0.05, 0.1) is 13.7 Å². The molecule has 0 amide bonds. The van der Waals surface area contributed by atoms with Crippen LogP contribution in [0.1, 0.15) is 27.4 Å². The molecule has 0 fully saturated rings. The maximum atomic E-state index is 13.6. The minimum Gasteiger partial charge on any atom is -0.465 e. The number of guanidine groups is 1. The SMILES string of the molecule is CN=C(NCCc1ccccc1F)NCc1cc(C(=O)OC)c(C)o1.I. The molecule has 0 aliphatic heterocycles. The van der Waals surface area contributed by atoms with Crippen LogP contribution in [-0.4, -0.2) is 32.6 Å². The van der Waals surface area contributed by atoms with Crippen LogP contribution in [-0.2, 0) is 17.7 Å². The molecular weight excluding hydrogens is 452 g/mol. The number of halogens is 2. The van der Waals surface area contributed by atoms with Crippen molar-refractivity contribution in [2.24, 2.45) is 4.99 Å². The highest BCUT2D eigenvalue weighted by Gasteiger charge is 2.15. The summed E-state index contributed by atoms with van der Waals surface area (Å²) < 4.78 is 23.8. The van der Waals surface area contributed by atoms with Crippen LogP contribution >= 0.6 is 24.0 Å². The van der Waals surface area contributed by atoms with E-state index in [1.165, 1.54) is 13.2 Å². The lowest BCUT2D eigenvalue weighted by Gasteiger charge is -2.11. The Morgan fingerprint density at radius 3 is 2.69 bits per heavy atom. The molecule has 0 spiro atoms. The Labute approximate surface area is 169 Å². The zero-order valence-electron chi connectivity index (χ0n) is 15.0. The predicted molar refractivity (Wildman–Crippen MR) is 109 cm³/mol. The molecule has 1 heterocycles. The van der Waals surface area contributed by atoms with Crippen molar-refractivity contribution >= 4 is 35.9 Å². The van der Waals surface area contributed by atoms with Crippen LogP contribution in [0.5, 0.6) is 0 Å². The van der Waals surface area contributed by atoms with E-state index in [-0.39, 0.29) is 29.8 Å². The fraction of sp³-hybridized carbons (Fsp3) is 0.333. The Balaban J connectivity index is 0.00000338. The van der Waals surface area contributed by atoms with Gasteiger partial charge >= 0.3 is 5.97 Å². The fourth-order valence-electron chi connectivity index (χ4n) is 2.35. The van der Waals surface area contributed by atoms with Gasteiger partial charge in [0.15, 0.2) is 5.96 Å². The summed E-state index contributed by atoms with van der Waals surface area (Å²) in [5.41, 5.74) is 1.05.